The number of amides is 1. The van der Waals surface area contributed by atoms with Crippen molar-refractivity contribution < 1.29 is 14.3 Å². The summed E-state index contributed by atoms with van der Waals surface area (Å²) in [5, 5.41) is 2.68. The minimum Gasteiger partial charge on any atom is -0.381 e. The molecule has 4 nitrogen and oxygen atoms in total. The average molecular weight is 247 g/mol. The van der Waals surface area contributed by atoms with Crippen LogP contribution >= 0.6 is 0 Å². The number of ketones is 1. The van der Waals surface area contributed by atoms with Crippen LogP contribution < -0.4 is 5.32 Å². The van der Waals surface area contributed by atoms with E-state index in [0.717, 1.165) is 12.8 Å². The highest BCUT2D eigenvalue weighted by atomic mass is 16.5. The van der Waals surface area contributed by atoms with Crippen LogP contribution in [0.1, 0.15) is 30.1 Å². The molecular formula is C14H17NO3. The van der Waals surface area contributed by atoms with Gasteiger partial charge in [-0.1, -0.05) is 0 Å². The van der Waals surface area contributed by atoms with E-state index in [4.69, 9.17) is 4.74 Å². The summed E-state index contributed by atoms with van der Waals surface area (Å²) in [6.07, 6.45) is 1.60. The molecule has 1 heterocycles. The molecule has 0 aromatic heterocycles. The van der Waals surface area contributed by atoms with Crippen molar-refractivity contribution in [3.8, 4) is 0 Å². The fourth-order valence-electron chi connectivity index (χ4n) is 2.12. The highest BCUT2D eigenvalue weighted by Crippen LogP contribution is 2.21. The van der Waals surface area contributed by atoms with Crippen LogP contribution in [0.2, 0.25) is 0 Å². The van der Waals surface area contributed by atoms with Crippen molar-refractivity contribution in [2.75, 3.05) is 18.5 Å². The first kappa shape index (κ1) is 12.8. The van der Waals surface area contributed by atoms with E-state index in [1.807, 2.05) is 0 Å². The third-order valence-corrected chi connectivity index (χ3v) is 3.08. The quantitative estimate of drug-likeness (QED) is 0.833. The summed E-state index contributed by atoms with van der Waals surface area (Å²) in [5.74, 6) is 0.136. The highest BCUT2D eigenvalue weighted by molar-refractivity contribution is 5.98. The lowest BCUT2D eigenvalue weighted by atomic mass is 9.91. The molecule has 96 valence electrons. The van der Waals surface area contributed by atoms with Gasteiger partial charge < -0.3 is 10.1 Å². The van der Waals surface area contributed by atoms with E-state index in [0.29, 0.717) is 24.5 Å². The van der Waals surface area contributed by atoms with Gasteiger partial charge in [-0.25, -0.2) is 0 Å². The van der Waals surface area contributed by atoms with Gasteiger partial charge in [0.2, 0.25) is 5.91 Å². The Morgan fingerprint density at radius 2 is 1.78 bits per heavy atom. The fourth-order valence-corrected chi connectivity index (χ4v) is 2.12. The highest BCUT2D eigenvalue weighted by Gasteiger charge is 2.22. The Morgan fingerprint density at radius 1 is 1.17 bits per heavy atom. The number of rotatable bonds is 3. The molecule has 0 radical (unpaired) electrons. The third-order valence-electron chi connectivity index (χ3n) is 3.08. The monoisotopic (exact) mass is 247 g/mol. The lowest BCUT2D eigenvalue weighted by Gasteiger charge is -2.20. The van der Waals surface area contributed by atoms with Crippen molar-refractivity contribution in [2.24, 2.45) is 5.92 Å². The van der Waals surface area contributed by atoms with Crippen molar-refractivity contribution in [2.45, 2.75) is 19.8 Å². The molecule has 0 bridgehead atoms. The summed E-state index contributed by atoms with van der Waals surface area (Å²) in [7, 11) is 0. The molecule has 1 amide bonds. The number of hydrogen-bond acceptors (Lipinski definition) is 3. The van der Waals surface area contributed by atoms with E-state index >= 15 is 0 Å². The number of hydrogen-bond donors (Lipinski definition) is 1. The van der Waals surface area contributed by atoms with Gasteiger partial charge in [-0.3, -0.25) is 9.59 Å². The largest absolute Gasteiger partial charge is 0.381 e. The van der Waals surface area contributed by atoms with E-state index in [1.54, 1.807) is 24.3 Å². The van der Waals surface area contributed by atoms with Crippen LogP contribution in [0.15, 0.2) is 24.3 Å². The zero-order valence-electron chi connectivity index (χ0n) is 10.4. The van der Waals surface area contributed by atoms with Crippen LogP contribution in [-0.2, 0) is 9.53 Å². The van der Waals surface area contributed by atoms with Crippen LogP contribution in [0.25, 0.3) is 0 Å². The van der Waals surface area contributed by atoms with Gasteiger partial charge in [-0.05, 0) is 37.1 Å². The van der Waals surface area contributed by atoms with Crippen molar-refractivity contribution in [3.63, 3.8) is 0 Å². The molecule has 1 fully saturated rings. The van der Waals surface area contributed by atoms with E-state index in [1.165, 1.54) is 6.92 Å². The summed E-state index contributed by atoms with van der Waals surface area (Å²) < 4.78 is 5.25. The fraction of sp³-hybridized carbons (Fsp3) is 0.429. The normalized spacial score (nSPS) is 16.3. The molecule has 1 aliphatic heterocycles. The van der Waals surface area contributed by atoms with Gasteiger partial charge in [0, 0.05) is 37.3 Å². The predicted molar refractivity (Wildman–Crippen MR) is 68.6 cm³/mol. The number of carbonyl (C=O) groups excluding carboxylic acids is 2. The van der Waals surface area contributed by atoms with E-state index in [2.05, 4.69) is 5.32 Å². The van der Waals surface area contributed by atoms with Crippen molar-refractivity contribution in [1.82, 2.24) is 0 Å². The van der Waals surface area contributed by atoms with Gasteiger partial charge in [0.1, 0.15) is 0 Å². The number of anilines is 1. The summed E-state index contributed by atoms with van der Waals surface area (Å²) >= 11 is 0. The second-order valence-electron chi connectivity index (χ2n) is 4.51. The lowest BCUT2D eigenvalue weighted by molar-refractivity contribution is -0.114. The molecular weight excluding hydrogens is 230 g/mol. The number of carbonyl (C=O) groups is 2. The minimum atomic E-state index is -0.112. The zero-order valence-corrected chi connectivity index (χ0v) is 10.4. The van der Waals surface area contributed by atoms with E-state index < -0.39 is 0 Å². The number of Topliss-reactive ketones (excluding diaryl/α,β-unsaturated/α-hetero) is 1. The first-order valence-electron chi connectivity index (χ1n) is 6.16. The third kappa shape index (κ3) is 3.17. The van der Waals surface area contributed by atoms with Crippen LogP contribution in [0.3, 0.4) is 0 Å². The SMILES string of the molecule is CC(=O)Nc1ccc(C(=O)C2CCOCC2)cc1. The Morgan fingerprint density at radius 3 is 2.33 bits per heavy atom. The maximum atomic E-state index is 12.2. The molecule has 0 saturated carbocycles. The average Bonchev–Trinajstić information content (AvgIpc) is 2.39. The smallest absolute Gasteiger partial charge is 0.221 e. The summed E-state index contributed by atoms with van der Waals surface area (Å²) in [5.41, 5.74) is 1.42. The molecule has 0 spiro atoms. The number of ether oxygens (including phenoxy) is 1. The van der Waals surface area contributed by atoms with Gasteiger partial charge in [0.15, 0.2) is 5.78 Å². The Bertz CT molecular complexity index is 433. The second-order valence-corrected chi connectivity index (χ2v) is 4.51. The molecule has 1 aromatic rings. The van der Waals surface area contributed by atoms with Gasteiger partial charge in [-0.2, -0.15) is 0 Å². The van der Waals surface area contributed by atoms with Gasteiger partial charge in [0.25, 0.3) is 0 Å². The van der Waals surface area contributed by atoms with Gasteiger partial charge in [-0.15, -0.1) is 0 Å². The van der Waals surface area contributed by atoms with E-state index in [9.17, 15) is 9.59 Å². The first-order chi connectivity index (χ1) is 8.66. The summed E-state index contributed by atoms with van der Waals surface area (Å²) in [6.45, 7) is 2.79. The molecule has 4 heteroatoms. The van der Waals surface area contributed by atoms with Crippen LogP contribution in [-0.4, -0.2) is 24.9 Å². The lowest BCUT2D eigenvalue weighted by Crippen LogP contribution is -2.23. The Kier molecular flexibility index (Phi) is 4.10. The van der Waals surface area contributed by atoms with Crippen molar-refractivity contribution in [3.05, 3.63) is 29.8 Å². The maximum Gasteiger partial charge on any atom is 0.221 e. The number of nitrogens with one attached hydrogen (secondary N) is 1. The zero-order chi connectivity index (χ0) is 13.0. The van der Waals surface area contributed by atoms with Crippen LogP contribution in [0, 0.1) is 5.92 Å². The molecule has 1 aromatic carbocycles. The molecule has 1 saturated heterocycles. The topological polar surface area (TPSA) is 55.4 Å². The van der Waals surface area contributed by atoms with E-state index in [-0.39, 0.29) is 17.6 Å². The Balaban J connectivity index is 2.04. The predicted octanol–water partition coefficient (Wildman–Crippen LogP) is 2.25. The molecule has 1 N–H and O–H groups in total. The van der Waals surface area contributed by atoms with Gasteiger partial charge >= 0.3 is 0 Å². The molecule has 1 aliphatic rings. The molecule has 0 unspecified atom stereocenters. The minimum absolute atomic E-state index is 0.0744. The van der Waals surface area contributed by atoms with Crippen molar-refractivity contribution >= 4 is 17.4 Å². The maximum absolute atomic E-state index is 12.2. The van der Waals surface area contributed by atoms with Crippen LogP contribution in [0.4, 0.5) is 5.69 Å². The molecule has 2 rings (SSSR count). The Hall–Kier alpha value is -1.68. The first-order valence-corrected chi connectivity index (χ1v) is 6.16. The molecule has 18 heavy (non-hydrogen) atoms. The van der Waals surface area contributed by atoms with Crippen molar-refractivity contribution in [1.29, 1.82) is 0 Å². The summed E-state index contributed by atoms with van der Waals surface area (Å²) in [6, 6.07) is 7.05. The summed E-state index contributed by atoms with van der Waals surface area (Å²) in [4.78, 5) is 23.1. The number of benzene rings is 1. The second kappa shape index (κ2) is 5.78. The van der Waals surface area contributed by atoms with Crippen LogP contribution in [0.5, 0.6) is 0 Å². The molecule has 0 atom stereocenters. The molecule has 0 aliphatic carbocycles. The standard InChI is InChI=1S/C14H17NO3/c1-10(16)15-13-4-2-11(3-5-13)14(17)12-6-8-18-9-7-12/h2-5,12H,6-9H2,1H3,(H,15,16). The van der Waals surface area contributed by atoms with Gasteiger partial charge in [0.05, 0.1) is 0 Å². The Labute approximate surface area is 106 Å².